The van der Waals surface area contributed by atoms with Crippen molar-refractivity contribution < 1.29 is 27.9 Å². The molecule has 0 bridgehead atoms. The highest BCUT2D eigenvalue weighted by Crippen LogP contribution is 2.31. The topological polar surface area (TPSA) is 207 Å². The van der Waals surface area contributed by atoms with Crippen molar-refractivity contribution in [3.8, 4) is 0 Å². The number of carbonyl (C=O) groups excluding carboxylic acids is 2. The van der Waals surface area contributed by atoms with Crippen molar-refractivity contribution in [3.63, 3.8) is 0 Å². The molecule has 41 heavy (non-hydrogen) atoms. The van der Waals surface area contributed by atoms with Crippen LogP contribution >= 0.6 is 0 Å². The van der Waals surface area contributed by atoms with Gasteiger partial charge in [0.15, 0.2) is 5.96 Å². The van der Waals surface area contributed by atoms with E-state index < -0.39 is 22.0 Å². The lowest BCUT2D eigenvalue weighted by Crippen LogP contribution is -2.51. The molecule has 2 aliphatic heterocycles. The van der Waals surface area contributed by atoms with Crippen LogP contribution < -0.4 is 26.4 Å². The van der Waals surface area contributed by atoms with E-state index in [1.807, 2.05) is 6.07 Å². The molecule has 2 atom stereocenters. The SMILES string of the molecule is C[C@@H]1CNc2c(cccc2S(=O)(=O)NC(CCCNC(=N)N)C(=O)N2CCC(CCC(=O)NCCC(=O)O)CC2)C1. The van der Waals surface area contributed by atoms with Crippen molar-refractivity contribution in [3.05, 3.63) is 23.8 Å². The quantitative estimate of drug-likeness (QED) is 0.0924. The van der Waals surface area contributed by atoms with Gasteiger partial charge in [-0.3, -0.25) is 19.8 Å². The molecular formula is C27H43N7O6S. The summed E-state index contributed by atoms with van der Waals surface area (Å²) in [7, 11) is -4.03. The van der Waals surface area contributed by atoms with Gasteiger partial charge in [0, 0.05) is 39.1 Å². The third-order valence-corrected chi connectivity index (χ3v) is 9.06. The van der Waals surface area contributed by atoms with Gasteiger partial charge >= 0.3 is 5.97 Å². The fourth-order valence-corrected chi connectivity index (χ4v) is 6.75. The van der Waals surface area contributed by atoms with E-state index in [4.69, 9.17) is 16.2 Å². The lowest BCUT2D eigenvalue weighted by molar-refractivity contribution is -0.137. The molecule has 14 heteroatoms. The molecule has 1 aromatic carbocycles. The molecule has 2 aliphatic rings. The van der Waals surface area contributed by atoms with Crippen LogP contribution in [-0.4, -0.2) is 80.9 Å². The number of anilines is 1. The fourth-order valence-electron chi connectivity index (χ4n) is 5.30. The first-order chi connectivity index (χ1) is 19.5. The van der Waals surface area contributed by atoms with Gasteiger partial charge in [-0.25, -0.2) is 8.42 Å². The van der Waals surface area contributed by atoms with Gasteiger partial charge in [-0.2, -0.15) is 4.72 Å². The van der Waals surface area contributed by atoms with Gasteiger partial charge < -0.3 is 31.7 Å². The normalized spacial score (nSPS) is 18.1. The van der Waals surface area contributed by atoms with Crippen LogP contribution in [0.15, 0.2) is 23.1 Å². The van der Waals surface area contributed by atoms with Crippen LogP contribution in [0.4, 0.5) is 5.69 Å². The molecule has 3 rings (SSSR count). The molecule has 0 spiro atoms. The predicted octanol–water partition coefficient (Wildman–Crippen LogP) is 0.811. The van der Waals surface area contributed by atoms with E-state index >= 15 is 0 Å². The monoisotopic (exact) mass is 593 g/mol. The summed E-state index contributed by atoms with van der Waals surface area (Å²) in [4.78, 5) is 38.0. The highest BCUT2D eigenvalue weighted by atomic mass is 32.2. The maximum absolute atomic E-state index is 13.6. The Morgan fingerprint density at radius 2 is 1.90 bits per heavy atom. The maximum Gasteiger partial charge on any atom is 0.305 e. The second kappa shape index (κ2) is 15.0. The minimum atomic E-state index is -4.03. The lowest BCUT2D eigenvalue weighted by atomic mass is 9.91. The molecular weight excluding hydrogens is 550 g/mol. The number of carboxylic acid groups (broad SMARTS) is 1. The Balaban J connectivity index is 1.62. The Morgan fingerprint density at radius 1 is 1.17 bits per heavy atom. The average Bonchev–Trinajstić information content (AvgIpc) is 2.92. The van der Waals surface area contributed by atoms with Crippen molar-refractivity contribution >= 4 is 39.5 Å². The second-order valence-electron chi connectivity index (χ2n) is 10.9. The standard InChI is InChI=1S/C27H43N7O6S/c1-18-16-20-4-2-6-22(25(20)32-17-18)41(39,40)33-21(5-3-12-31-27(28)29)26(38)34-14-10-19(11-15-34)7-8-23(35)30-13-9-24(36)37/h2,4,6,18-19,21,32-33H,3,5,7-17H2,1H3,(H,30,35)(H,36,37)(H4,28,29,31)/t18-,21?/m0/s1. The molecule has 8 N–H and O–H groups in total. The second-order valence-corrected chi connectivity index (χ2v) is 12.6. The minimum absolute atomic E-state index is 0.0985. The summed E-state index contributed by atoms with van der Waals surface area (Å²) in [5.41, 5.74) is 6.87. The number of rotatable bonds is 14. The first kappa shape index (κ1) is 32.1. The van der Waals surface area contributed by atoms with E-state index in [9.17, 15) is 22.8 Å². The molecule has 1 unspecified atom stereocenters. The van der Waals surface area contributed by atoms with E-state index in [1.54, 1.807) is 17.0 Å². The number of likely N-dealkylation sites (tertiary alicyclic amines) is 1. The minimum Gasteiger partial charge on any atom is -0.481 e. The van der Waals surface area contributed by atoms with E-state index in [0.717, 1.165) is 12.0 Å². The number of sulfonamides is 1. The maximum atomic E-state index is 13.6. The van der Waals surface area contributed by atoms with Gasteiger partial charge in [-0.05, 0) is 62.0 Å². The largest absolute Gasteiger partial charge is 0.481 e. The molecule has 1 fully saturated rings. The number of amides is 2. The highest BCUT2D eigenvalue weighted by Gasteiger charge is 2.33. The van der Waals surface area contributed by atoms with Crippen LogP contribution in [0.2, 0.25) is 0 Å². The molecule has 1 saturated heterocycles. The van der Waals surface area contributed by atoms with Crippen LogP contribution in [0.3, 0.4) is 0 Å². The Kier molecular flexibility index (Phi) is 11.8. The van der Waals surface area contributed by atoms with Crippen LogP contribution in [0.1, 0.15) is 57.4 Å². The number of guanidine groups is 1. The number of nitrogens with one attached hydrogen (secondary N) is 5. The molecule has 228 valence electrons. The number of aliphatic carboxylic acids is 1. The number of nitrogens with zero attached hydrogens (tertiary/aromatic N) is 1. The van der Waals surface area contributed by atoms with Crippen LogP contribution in [0, 0.1) is 17.2 Å². The van der Waals surface area contributed by atoms with Gasteiger partial charge in [0.25, 0.3) is 0 Å². The number of benzene rings is 1. The highest BCUT2D eigenvalue weighted by molar-refractivity contribution is 7.89. The van der Waals surface area contributed by atoms with Crippen molar-refractivity contribution in [2.45, 2.75) is 69.2 Å². The number of hydrogen-bond acceptors (Lipinski definition) is 7. The van der Waals surface area contributed by atoms with Crippen LogP contribution in [0.25, 0.3) is 0 Å². The van der Waals surface area contributed by atoms with Crippen LogP contribution in [-0.2, 0) is 30.8 Å². The smallest absolute Gasteiger partial charge is 0.305 e. The molecule has 2 heterocycles. The van der Waals surface area contributed by atoms with E-state index in [-0.39, 0.29) is 54.4 Å². The summed E-state index contributed by atoms with van der Waals surface area (Å²) in [5.74, 6) is -1.03. The molecule has 0 radical (unpaired) electrons. The number of piperidine rings is 1. The number of fused-ring (bicyclic) bond motifs is 1. The zero-order valence-electron chi connectivity index (χ0n) is 23.6. The third-order valence-electron chi connectivity index (χ3n) is 7.55. The number of nitrogens with two attached hydrogens (primary N) is 1. The lowest BCUT2D eigenvalue weighted by Gasteiger charge is -2.34. The number of carbonyl (C=O) groups is 3. The fraction of sp³-hybridized carbons (Fsp3) is 0.630. The summed E-state index contributed by atoms with van der Waals surface area (Å²) in [6, 6.07) is 4.20. The van der Waals surface area contributed by atoms with Crippen LogP contribution in [0.5, 0.6) is 0 Å². The number of carboxylic acids is 1. The molecule has 2 amide bonds. The summed E-state index contributed by atoms with van der Waals surface area (Å²) in [6.45, 7) is 4.10. The Labute approximate surface area is 241 Å². The van der Waals surface area contributed by atoms with E-state index in [0.29, 0.717) is 63.5 Å². The van der Waals surface area contributed by atoms with Crippen molar-refractivity contribution in [2.24, 2.45) is 17.6 Å². The van der Waals surface area contributed by atoms with Crippen molar-refractivity contribution in [1.82, 2.24) is 20.3 Å². The molecule has 13 nitrogen and oxygen atoms in total. The van der Waals surface area contributed by atoms with Gasteiger partial charge in [0.1, 0.15) is 10.9 Å². The Morgan fingerprint density at radius 3 is 2.59 bits per heavy atom. The van der Waals surface area contributed by atoms with Gasteiger partial charge in [0.2, 0.25) is 21.8 Å². The first-order valence-corrected chi connectivity index (χ1v) is 15.7. The van der Waals surface area contributed by atoms with Gasteiger partial charge in [-0.1, -0.05) is 19.1 Å². The van der Waals surface area contributed by atoms with E-state index in [1.165, 1.54) is 0 Å². The average molecular weight is 594 g/mol. The Hall–Kier alpha value is -3.39. The predicted molar refractivity (Wildman–Crippen MR) is 155 cm³/mol. The summed E-state index contributed by atoms with van der Waals surface area (Å²) >= 11 is 0. The first-order valence-electron chi connectivity index (χ1n) is 14.2. The summed E-state index contributed by atoms with van der Waals surface area (Å²) in [6.07, 6.45) is 3.61. The zero-order valence-corrected chi connectivity index (χ0v) is 24.4. The third kappa shape index (κ3) is 9.88. The zero-order chi connectivity index (χ0) is 30.0. The molecule has 1 aromatic rings. The van der Waals surface area contributed by atoms with E-state index in [2.05, 4.69) is 27.6 Å². The van der Waals surface area contributed by atoms with Gasteiger partial charge in [-0.15, -0.1) is 0 Å². The number of para-hydroxylation sites is 1. The molecule has 0 aromatic heterocycles. The number of hydrogen-bond donors (Lipinski definition) is 7. The summed E-state index contributed by atoms with van der Waals surface area (Å²) in [5, 5.41) is 24.6. The molecule has 0 saturated carbocycles. The van der Waals surface area contributed by atoms with Gasteiger partial charge in [0.05, 0.1) is 12.1 Å². The Bertz CT molecular complexity index is 1200. The summed E-state index contributed by atoms with van der Waals surface area (Å²) < 4.78 is 29.8. The molecule has 0 aliphatic carbocycles. The van der Waals surface area contributed by atoms with Crippen molar-refractivity contribution in [2.75, 3.05) is 38.0 Å². The van der Waals surface area contributed by atoms with Crippen molar-refractivity contribution in [1.29, 1.82) is 5.41 Å².